The van der Waals surface area contributed by atoms with E-state index in [9.17, 15) is 0 Å². The molecule has 0 unspecified atom stereocenters. The van der Waals surface area contributed by atoms with Crippen molar-refractivity contribution in [1.82, 2.24) is 9.97 Å². The van der Waals surface area contributed by atoms with Gasteiger partial charge in [-0.2, -0.15) is 0 Å². The second-order valence-electron chi connectivity index (χ2n) is 1.89. The van der Waals surface area contributed by atoms with Gasteiger partial charge in [-0.25, -0.2) is 9.97 Å². The summed E-state index contributed by atoms with van der Waals surface area (Å²) in [6.07, 6.45) is 0. The number of alkyl halides is 2. The van der Waals surface area contributed by atoms with Gasteiger partial charge in [0.2, 0.25) is 5.28 Å². The van der Waals surface area contributed by atoms with Gasteiger partial charge in [0.05, 0.1) is 23.1 Å². The maximum atomic E-state index is 5.57. The topological polar surface area (TPSA) is 25.8 Å². The van der Waals surface area contributed by atoms with Gasteiger partial charge in [-0.3, -0.25) is 0 Å². The van der Waals surface area contributed by atoms with Gasteiger partial charge in [-0.15, -0.1) is 23.2 Å². The van der Waals surface area contributed by atoms with Gasteiger partial charge in [-0.1, -0.05) is 0 Å². The van der Waals surface area contributed by atoms with Crippen LogP contribution in [0.15, 0.2) is 6.07 Å². The van der Waals surface area contributed by atoms with Crippen molar-refractivity contribution in [3.63, 3.8) is 0 Å². The first-order chi connectivity index (χ1) is 5.26. The quantitative estimate of drug-likeness (QED) is 0.555. The zero-order valence-corrected chi connectivity index (χ0v) is 7.79. The largest absolute Gasteiger partial charge is 0.222 e. The van der Waals surface area contributed by atoms with E-state index in [4.69, 9.17) is 34.8 Å². The number of rotatable bonds is 2. The first-order valence-electron chi connectivity index (χ1n) is 2.90. The van der Waals surface area contributed by atoms with Crippen LogP contribution in [0.1, 0.15) is 11.4 Å². The molecule has 11 heavy (non-hydrogen) atoms. The minimum Gasteiger partial charge on any atom is -0.222 e. The van der Waals surface area contributed by atoms with Crippen molar-refractivity contribution in [2.24, 2.45) is 0 Å². The third-order valence-electron chi connectivity index (χ3n) is 1.08. The van der Waals surface area contributed by atoms with Crippen LogP contribution in [-0.2, 0) is 11.8 Å². The first kappa shape index (κ1) is 9.04. The molecule has 0 saturated carbocycles. The average Bonchev–Trinajstić information content (AvgIpc) is 2.03. The van der Waals surface area contributed by atoms with Crippen LogP contribution < -0.4 is 0 Å². The van der Waals surface area contributed by atoms with Crippen molar-refractivity contribution >= 4 is 34.8 Å². The van der Waals surface area contributed by atoms with Gasteiger partial charge in [0.15, 0.2) is 0 Å². The molecular formula is C6H5Cl3N2. The molecule has 1 rings (SSSR count). The van der Waals surface area contributed by atoms with Gasteiger partial charge in [0.25, 0.3) is 0 Å². The van der Waals surface area contributed by atoms with Crippen molar-refractivity contribution < 1.29 is 0 Å². The number of hydrogen-bond donors (Lipinski definition) is 0. The van der Waals surface area contributed by atoms with Crippen LogP contribution in [0, 0.1) is 0 Å². The molecule has 1 heterocycles. The standard InChI is InChI=1S/C6H5Cl3N2/c7-2-4-1-5(3-8)11-6(9)10-4/h1H,2-3H2. The number of aromatic nitrogens is 2. The van der Waals surface area contributed by atoms with Gasteiger partial charge < -0.3 is 0 Å². The predicted molar refractivity (Wildman–Crippen MR) is 46.2 cm³/mol. The highest BCUT2D eigenvalue weighted by Crippen LogP contribution is 2.09. The Morgan fingerprint density at radius 3 is 1.91 bits per heavy atom. The van der Waals surface area contributed by atoms with E-state index in [1.807, 2.05) is 0 Å². The summed E-state index contributed by atoms with van der Waals surface area (Å²) >= 11 is 16.6. The molecule has 0 saturated heterocycles. The van der Waals surface area contributed by atoms with E-state index in [1.165, 1.54) is 0 Å². The molecule has 0 atom stereocenters. The molecule has 5 heteroatoms. The zero-order chi connectivity index (χ0) is 8.27. The molecule has 0 spiro atoms. The maximum Gasteiger partial charge on any atom is 0.222 e. The Balaban J connectivity index is 3.02. The van der Waals surface area contributed by atoms with E-state index in [1.54, 1.807) is 6.07 Å². The van der Waals surface area contributed by atoms with Gasteiger partial charge in [0.1, 0.15) is 0 Å². The van der Waals surface area contributed by atoms with Gasteiger partial charge in [-0.05, 0) is 17.7 Å². The van der Waals surface area contributed by atoms with E-state index in [2.05, 4.69) is 9.97 Å². The molecule has 0 aliphatic carbocycles. The minimum absolute atomic E-state index is 0.193. The fraction of sp³-hybridized carbons (Fsp3) is 0.333. The van der Waals surface area contributed by atoms with Crippen LogP contribution in [0.25, 0.3) is 0 Å². The van der Waals surface area contributed by atoms with Crippen molar-refractivity contribution in [1.29, 1.82) is 0 Å². The Kier molecular flexibility index (Phi) is 3.37. The highest BCUT2D eigenvalue weighted by Gasteiger charge is 2.00. The first-order valence-corrected chi connectivity index (χ1v) is 4.35. The molecule has 0 aromatic carbocycles. The van der Waals surface area contributed by atoms with Crippen LogP contribution in [0.4, 0.5) is 0 Å². The molecule has 60 valence electrons. The Labute approximate surface area is 79.5 Å². The summed E-state index contributed by atoms with van der Waals surface area (Å²) in [4.78, 5) is 7.73. The Bertz CT molecular complexity index is 229. The molecule has 0 N–H and O–H groups in total. The van der Waals surface area contributed by atoms with E-state index in [0.29, 0.717) is 23.1 Å². The third kappa shape index (κ3) is 2.47. The molecule has 0 radical (unpaired) electrons. The minimum atomic E-state index is 0.193. The van der Waals surface area contributed by atoms with Crippen molar-refractivity contribution in [3.8, 4) is 0 Å². The zero-order valence-electron chi connectivity index (χ0n) is 5.52. The molecule has 1 aromatic rings. The third-order valence-corrected chi connectivity index (χ3v) is 1.80. The van der Waals surface area contributed by atoms with Gasteiger partial charge in [0, 0.05) is 0 Å². The van der Waals surface area contributed by atoms with E-state index in [0.717, 1.165) is 0 Å². The van der Waals surface area contributed by atoms with Gasteiger partial charge >= 0.3 is 0 Å². The summed E-state index contributed by atoms with van der Waals surface area (Å²) in [5.74, 6) is 0.651. The lowest BCUT2D eigenvalue weighted by molar-refractivity contribution is 1.03. The summed E-state index contributed by atoms with van der Waals surface area (Å²) in [6.45, 7) is 0. The summed E-state index contributed by atoms with van der Waals surface area (Å²) in [5, 5.41) is 0.193. The Morgan fingerprint density at radius 2 is 1.55 bits per heavy atom. The van der Waals surface area contributed by atoms with E-state index < -0.39 is 0 Å². The molecule has 0 aliphatic heterocycles. The summed E-state index contributed by atoms with van der Waals surface area (Å²) < 4.78 is 0. The average molecular weight is 211 g/mol. The lowest BCUT2D eigenvalue weighted by Gasteiger charge is -1.98. The van der Waals surface area contributed by atoms with Crippen molar-refractivity contribution in [3.05, 3.63) is 22.7 Å². The molecule has 0 fully saturated rings. The second kappa shape index (κ2) is 4.10. The lowest BCUT2D eigenvalue weighted by atomic mass is 10.4. The molecular weight excluding hydrogens is 206 g/mol. The smallest absolute Gasteiger partial charge is 0.222 e. The Morgan fingerprint density at radius 1 is 1.09 bits per heavy atom. The lowest BCUT2D eigenvalue weighted by Crippen LogP contribution is -1.93. The van der Waals surface area contributed by atoms with Crippen molar-refractivity contribution in [2.45, 2.75) is 11.8 Å². The summed E-state index contributed by atoms with van der Waals surface area (Å²) in [5.41, 5.74) is 1.39. The fourth-order valence-corrected chi connectivity index (χ4v) is 1.15. The molecule has 0 aliphatic rings. The number of halogens is 3. The van der Waals surface area contributed by atoms with E-state index >= 15 is 0 Å². The van der Waals surface area contributed by atoms with Crippen LogP contribution >= 0.6 is 34.8 Å². The number of nitrogens with zero attached hydrogens (tertiary/aromatic N) is 2. The number of hydrogen-bond acceptors (Lipinski definition) is 2. The molecule has 0 bridgehead atoms. The monoisotopic (exact) mass is 210 g/mol. The fourth-order valence-electron chi connectivity index (χ4n) is 0.656. The summed E-state index contributed by atoms with van der Waals surface area (Å²) in [7, 11) is 0. The predicted octanol–water partition coefficient (Wildman–Crippen LogP) is 2.61. The summed E-state index contributed by atoms with van der Waals surface area (Å²) in [6, 6.07) is 1.73. The SMILES string of the molecule is ClCc1cc(CCl)nc(Cl)n1. The second-order valence-corrected chi connectivity index (χ2v) is 2.76. The van der Waals surface area contributed by atoms with Crippen LogP contribution in [-0.4, -0.2) is 9.97 Å². The van der Waals surface area contributed by atoms with Crippen molar-refractivity contribution in [2.75, 3.05) is 0 Å². The van der Waals surface area contributed by atoms with Crippen LogP contribution in [0.5, 0.6) is 0 Å². The highest BCUT2D eigenvalue weighted by atomic mass is 35.5. The molecule has 0 amide bonds. The Hall–Kier alpha value is -0.0500. The van der Waals surface area contributed by atoms with Crippen LogP contribution in [0.2, 0.25) is 5.28 Å². The van der Waals surface area contributed by atoms with E-state index in [-0.39, 0.29) is 5.28 Å². The normalized spacial score (nSPS) is 10.1. The molecule has 2 nitrogen and oxygen atoms in total. The highest BCUT2D eigenvalue weighted by molar-refractivity contribution is 6.28. The maximum absolute atomic E-state index is 5.57. The van der Waals surface area contributed by atoms with Crippen LogP contribution in [0.3, 0.4) is 0 Å². The molecule has 1 aromatic heterocycles.